The number of nitrogens with zero attached hydrogens (tertiary/aromatic N) is 1. The minimum atomic E-state index is -1.05. The highest BCUT2D eigenvalue weighted by Gasteiger charge is 2.39. The first kappa shape index (κ1) is 29.5. The Bertz CT molecular complexity index is 887. The Balaban J connectivity index is 2.45. The van der Waals surface area contributed by atoms with E-state index in [2.05, 4.69) is 10.6 Å². The number of aromatic hydroxyl groups is 1. The molecule has 3 N–H and O–H groups in total. The van der Waals surface area contributed by atoms with Gasteiger partial charge in [0, 0.05) is 17.6 Å². The molecule has 0 saturated heterocycles. The number of phenols is 1. The number of rotatable bonds is 9. The van der Waals surface area contributed by atoms with E-state index in [1.165, 1.54) is 11.0 Å². The molecule has 3 amide bonds. The largest absolute Gasteiger partial charge is 0.508 e. The molecule has 0 aliphatic heterocycles. The van der Waals surface area contributed by atoms with Gasteiger partial charge in [0.15, 0.2) is 0 Å². The lowest BCUT2D eigenvalue weighted by molar-refractivity contribution is -0.145. The van der Waals surface area contributed by atoms with Gasteiger partial charge in [-0.05, 0) is 65.9 Å². The van der Waals surface area contributed by atoms with Gasteiger partial charge in [0.05, 0.1) is 0 Å². The van der Waals surface area contributed by atoms with Crippen LogP contribution in [0.25, 0.3) is 0 Å². The molecule has 2 unspecified atom stereocenters. The molecule has 1 fully saturated rings. The van der Waals surface area contributed by atoms with Crippen LogP contribution < -0.4 is 10.6 Å². The molecule has 2 rings (SSSR count). The Labute approximate surface area is 216 Å². The molecule has 8 nitrogen and oxygen atoms in total. The molecule has 1 saturated carbocycles. The number of carbonyl (C=O) groups excluding carboxylic acids is 3. The number of para-hydroxylation sites is 1. The predicted octanol–water partition coefficient (Wildman–Crippen LogP) is 5.06. The van der Waals surface area contributed by atoms with E-state index in [1.54, 1.807) is 39.0 Å². The number of benzene rings is 1. The topological polar surface area (TPSA) is 108 Å². The third-order valence-electron chi connectivity index (χ3n) is 6.22. The van der Waals surface area contributed by atoms with E-state index in [4.69, 9.17) is 4.74 Å². The van der Waals surface area contributed by atoms with E-state index in [1.807, 2.05) is 27.7 Å². The van der Waals surface area contributed by atoms with Crippen LogP contribution in [0.3, 0.4) is 0 Å². The SMILES string of the molecule is CC(C)CC(NC(=O)OC(C)(C)C)C(=O)N(C(C)C)C(C(=O)NC1CCCCC1)c1ccccc1O. The minimum Gasteiger partial charge on any atom is -0.508 e. The van der Waals surface area contributed by atoms with Crippen LogP contribution in [-0.4, -0.2) is 51.6 Å². The summed E-state index contributed by atoms with van der Waals surface area (Å²) >= 11 is 0. The van der Waals surface area contributed by atoms with Crippen LogP contribution in [0.5, 0.6) is 5.75 Å². The van der Waals surface area contributed by atoms with E-state index < -0.39 is 29.7 Å². The number of carbonyl (C=O) groups is 3. The average Bonchev–Trinajstić information content (AvgIpc) is 2.76. The molecule has 8 heteroatoms. The summed E-state index contributed by atoms with van der Waals surface area (Å²) in [5.74, 6) is -0.676. The van der Waals surface area contributed by atoms with Crippen LogP contribution in [0, 0.1) is 5.92 Å². The lowest BCUT2D eigenvalue weighted by Crippen LogP contribution is -2.56. The monoisotopic (exact) mass is 503 g/mol. The lowest BCUT2D eigenvalue weighted by Gasteiger charge is -2.38. The van der Waals surface area contributed by atoms with Crippen molar-refractivity contribution in [3.8, 4) is 5.75 Å². The van der Waals surface area contributed by atoms with E-state index in [9.17, 15) is 19.5 Å². The Morgan fingerprint density at radius 2 is 1.67 bits per heavy atom. The number of phenolic OH excluding ortho intramolecular Hbond substituents is 1. The zero-order valence-electron chi connectivity index (χ0n) is 23.0. The van der Waals surface area contributed by atoms with Crippen molar-refractivity contribution in [2.45, 2.75) is 117 Å². The van der Waals surface area contributed by atoms with Crippen LogP contribution in [0.2, 0.25) is 0 Å². The average molecular weight is 504 g/mol. The third kappa shape index (κ3) is 8.71. The molecular weight excluding hydrogens is 458 g/mol. The smallest absolute Gasteiger partial charge is 0.408 e. The van der Waals surface area contributed by atoms with Gasteiger partial charge in [0.25, 0.3) is 0 Å². The summed E-state index contributed by atoms with van der Waals surface area (Å²) < 4.78 is 5.41. The van der Waals surface area contributed by atoms with Crippen LogP contribution in [-0.2, 0) is 14.3 Å². The normalized spacial score (nSPS) is 16.4. The van der Waals surface area contributed by atoms with Gasteiger partial charge in [0.2, 0.25) is 11.8 Å². The van der Waals surface area contributed by atoms with Crippen LogP contribution >= 0.6 is 0 Å². The summed E-state index contributed by atoms with van der Waals surface area (Å²) in [6.07, 6.45) is 4.73. The third-order valence-corrected chi connectivity index (χ3v) is 6.22. The Hall–Kier alpha value is -2.77. The molecule has 0 heterocycles. The van der Waals surface area contributed by atoms with Crippen LogP contribution in [0.1, 0.15) is 98.6 Å². The summed E-state index contributed by atoms with van der Waals surface area (Å²) in [6, 6.07) is 4.33. The molecule has 0 radical (unpaired) electrons. The molecule has 2 atom stereocenters. The van der Waals surface area contributed by atoms with Crippen molar-refractivity contribution >= 4 is 17.9 Å². The maximum absolute atomic E-state index is 14.0. The van der Waals surface area contributed by atoms with Crippen molar-refractivity contribution in [2.24, 2.45) is 5.92 Å². The molecule has 1 aliphatic carbocycles. The molecule has 202 valence electrons. The van der Waals surface area contributed by atoms with Gasteiger partial charge in [-0.15, -0.1) is 0 Å². The number of ether oxygens (including phenoxy) is 1. The zero-order valence-corrected chi connectivity index (χ0v) is 23.0. The number of alkyl carbamates (subject to hydrolysis) is 1. The second-order valence-corrected chi connectivity index (χ2v) is 11.5. The van der Waals surface area contributed by atoms with Gasteiger partial charge >= 0.3 is 6.09 Å². The molecule has 0 aromatic heterocycles. The number of hydrogen-bond acceptors (Lipinski definition) is 5. The molecule has 36 heavy (non-hydrogen) atoms. The molecule has 1 aromatic carbocycles. The minimum absolute atomic E-state index is 0.0371. The standard InChI is InChI=1S/C28H45N3O5/c1-18(2)17-22(30-27(35)36-28(5,6)7)26(34)31(19(3)4)24(21-15-11-12-16-23(21)32)25(33)29-20-13-9-8-10-14-20/h11-12,15-16,18-20,22,24,32H,8-10,13-14,17H2,1-7H3,(H,29,33)(H,30,35). The van der Waals surface area contributed by atoms with Gasteiger partial charge in [-0.1, -0.05) is 51.3 Å². The quantitative estimate of drug-likeness (QED) is 0.437. The molecule has 1 aromatic rings. The van der Waals surface area contributed by atoms with Gasteiger partial charge in [0.1, 0.15) is 23.4 Å². The fourth-order valence-corrected chi connectivity index (χ4v) is 4.67. The predicted molar refractivity (Wildman–Crippen MR) is 140 cm³/mol. The summed E-state index contributed by atoms with van der Waals surface area (Å²) in [6.45, 7) is 12.9. The molecule has 0 spiro atoms. The maximum Gasteiger partial charge on any atom is 0.408 e. The first-order valence-electron chi connectivity index (χ1n) is 13.2. The highest BCUT2D eigenvalue weighted by atomic mass is 16.6. The second-order valence-electron chi connectivity index (χ2n) is 11.5. The summed E-state index contributed by atoms with van der Waals surface area (Å²) in [7, 11) is 0. The van der Waals surface area contributed by atoms with Gasteiger partial charge in [-0.25, -0.2) is 4.79 Å². The highest BCUT2D eigenvalue weighted by Crippen LogP contribution is 2.32. The van der Waals surface area contributed by atoms with E-state index in [0.717, 1.165) is 32.1 Å². The van der Waals surface area contributed by atoms with Crippen molar-refractivity contribution in [1.29, 1.82) is 0 Å². The Kier molecular flexibility index (Phi) is 10.6. The van der Waals surface area contributed by atoms with Crippen molar-refractivity contribution in [1.82, 2.24) is 15.5 Å². The Morgan fingerprint density at radius 1 is 1.06 bits per heavy atom. The first-order chi connectivity index (χ1) is 16.8. The summed E-state index contributed by atoms with van der Waals surface area (Å²) in [5.41, 5.74) is -0.362. The number of amides is 3. The molecular formula is C28H45N3O5. The fourth-order valence-electron chi connectivity index (χ4n) is 4.67. The summed E-state index contributed by atoms with van der Waals surface area (Å²) in [5, 5.41) is 16.6. The number of nitrogens with one attached hydrogen (secondary N) is 2. The Morgan fingerprint density at radius 3 is 2.19 bits per heavy atom. The van der Waals surface area contributed by atoms with Gasteiger partial charge < -0.3 is 25.4 Å². The van der Waals surface area contributed by atoms with E-state index in [0.29, 0.717) is 12.0 Å². The van der Waals surface area contributed by atoms with Crippen molar-refractivity contribution in [2.75, 3.05) is 0 Å². The van der Waals surface area contributed by atoms with Crippen LogP contribution in [0.15, 0.2) is 24.3 Å². The van der Waals surface area contributed by atoms with Crippen molar-refractivity contribution in [3.05, 3.63) is 29.8 Å². The first-order valence-corrected chi connectivity index (χ1v) is 13.2. The van der Waals surface area contributed by atoms with Crippen LogP contribution in [0.4, 0.5) is 4.79 Å². The zero-order chi connectivity index (χ0) is 27.0. The van der Waals surface area contributed by atoms with Gasteiger partial charge in [-0.3, -0.25) is 9.59 Å². The fraction of sp³-hybridized carbons (Fsp3) is 0.679. The lowest BCUT2D eigenvalue weighted by atomic mass is 9.94. The molecule has 1 aliphatic rings. The van der Waals surface area contributed by atoms with Crippen molar-refractivity contribution < 1.29 is 24.2 Å². The maximum atomic E-state index is 14.0. The number of hydrogen-bond donors (Lipinski definition) is 3. The van der Waals surface area contributed by atoms with E-state index >= 15 is 0 Å². The second kappa shape index (κ2) is 13.0. The van der Waals surface area contributed by atoms with Gasteiger partial charge in [-0.2, -0.15) is 0 Å². The van der Waals surface area contributed by atoms with Crippen molar-refractivity contribution in [3.63, 3.8) is 0 Å². The molecule has 0 bridgehead atoms. The highest BCUT2D eigenvalue weighted by molar-refractivity contribution is 5.92. The van der Waals surface area contributed by atoms with E-state index in [-0.39, 0.29) is 29.7 Å². The summed E-state index contributed by atoms with van der Waals surface area (Å²) in [4.78, 5) is 41.9.